The topological polar surface area (TPSA) is 53.7 Å². The third kappa shape index (κ3) is 9.73. The van der Waals surface area contributed by atoms with Crippen LogP contribution in [-0.4, -0.2) is 36.2 Å². The molecule has 0 aromatic carbocycles. The molecule has 0 unspecified atom stereocenters. The van der Waals surface area contributed by atoms with Crippen LogP contribution in [0.25, 0.3) is 0 Å². The summed E-state index contributed by atoms with van der Waals surface area (Å²) >= 11 is 0. The van der Waals surface area contributed by atoms with E-state index in [4.69, 9.17) is 19.0 Å². The van der Waals surface area contributed by atoms with Crippen LogP contribution < -0.4 is 5.73 Å². The third-order valence-corrected chi connectivity index (χ3v) is 5.17. The molecule has 17 heavy (non-hydrogen) atoms. The van der Waals surface area contributed by atoms with Crippen molar-refractivity contribution in [3.8, 4) is 0 Å². The molecule has 5 heteroatoms. The highest BCUT2D eigenvalue weighted by molar-refractivity contribution is 6.59. The molecule has 0 heterocycles. The Morgan fingerprint density at radius 1 is 0.824 bits per heavy atom. The van der Waals surface area contributed by atoms with Crippen molar-refractivity contribution >= 4 is 8.80 Å². The largest absolute Gasteiger partial charge is 0.497 e. The minimum Gasteiger partial charge on any atom is -0.377 e. The minimum absolute atomic E-state index is 0.743. The standard InChI is InChI=1S/C12H29NO3Si/c1-14-17(3,15-2)16-12-10-8-6-4-5-7-9-11-13/h4-13H2,1-3H3. The van der Waals surface area contributed by atoms with Crippen LogP contribution in [0, 0.1) is 0 Å². The van der Waals surface area contributed by atoms with Gasteiger partial charge in [-0.25, -0.2) is 0 Å². The predicted molar refractivity (Wildman–Crippen MR) is 73.0 cm³/mol. The third-order valence-electron chi connectivity index (χ3n) is 2.95. The quantitative estimate of drug-likeness (QED) is 0.434. The molecule has 4 nitrogen and oxygen atoms in total. The molecule has 0 aliphatic carbocycles. The number of nitrogens with two attached hydrogens (primary N) is 1. The van der Waals surface area contributed by atoms with Crippen molar-refractivity contribution in [2.24, 2.45) is 5.73 Å². The number of rotatable bonds is 12. The molecule has 0 aromatic heterocycles. The van der Waals surface area contributed by atoms with E-state index in [1.54, 1.807) is 14.2 Å². The van der Waals surface area contributed by atoms with Crippen molar-refractivity contribution < 1.29 is 13.3 Å². The molecule has 0 saturated carbocycles. The van der Waals surface area contributed by atoms with Gasteiger partial charge >= 0.3 is 8.80 Å². The summed E-state index contributed by atoms with van der Waals surface area (Å²) < 4.78 is 16.1. The van der Waals surface area contributed by atoms with Crippen molar-refractivity contribution in [3.63, 3.8) is 0 Å². The van der Waals surface area contributed by atoms with Gasteiger partial charge in [0.2, 0.25) is 0 Å². The van der Waals surface area contributed by atoms with Gasteiger partial charge < -0.3 is 19.0 Å². The molecular weight excluding hydrogens is 234 g/mol. The van der Waals surface area contributed by atoms with E-state index in [0.29, 0.717) is 0 Å². The van der Waals surface area contributed by atoms with Crippen molar-refractivity contribution in [1.29, 1.82) is 0 Å². The fraction of sp³-hybridized carbons (Fsp3) is 1.00. The van der Waals surface area contributed by atoms with Crippen molar-refractivity contribution in [2.45, 2.75) is 51.5 Å². The first-order chi connectivity index (χ1) is 8.18. The zero-order chi connectivity index (χ0) is 13.0. The maximum atomic E-state index is 5.65. The predicted octanol–water partition coefficient (Wildman–Crippen LogP) is 2.55. The van der Waals surface area contributed by atoms with Crippen LogP contribution in [0.3, 0.4) is 0 Å². The fourth-order valence-corrected chi connectivity index (χ4v) is 2.51. The Kier molecular flexibility index (Phi) is 11.2. The Morgan fingerprint density at radius 2 is 1.29 bits per heavy atom. The zero-order valence-corrected chi connectivity index (χ0v) is 12.7. The second kappa shape index (κ2) is 11.2. The first kappa shape index (κ1) is 17.1. The number of unbranched alkanes of at least 4 members (excludes halogenated alkanes) is 6. The molecule has 0 amide bonds. The first-order valence-electron chi connectivity index (χ1n) is 6.63. The second-order valence-electron chi connectivity index (χ2n) is 4.38. The highest BCUT2D eigenvalue weighted by Crippen LogP contribution is 2.10. The van der Waals surface area contributed by atoms with Crippen molar-refractivity contribution in [2.75, 3.05) is 27.4 Å². The Morgan fingerprint density at radius 3 is 1.76 bits per heavy atom. The van der Waals surface area contributed by atoms with Gasteiger partial charge in [0, 0.05) is 27.4 Å². The summed E-state index contributed by atoms with van der Waals surface area (Å²) in [7, 11) is 0.995. The lowest BCUT2D eigenvalue weighted by atomic mass is 10.1. The molecule has 104 valence electrons. The molecule has 0 aliphatic rings. The van der Waals surface area contributed by atoms with Gasteiger partial charge in [-0.3, -0.25) is 0 Å². The van der Waals surface area contributed by atoms with E-state index in [1.807, 2.05) is 6.55 Å². The molecule has 0 spiro atoms. The van der Waals surface area contributed by atoms with Crippen LogP contribution in [0.4, 0.5) is 0 Å². The van der Waals surface area contributed by atoms with Crippen LogP contribution in [0.2, 0.25) is 6.55 Å². The fourth-order valence-electron chi connectivity index (χ4n) is 1.59. The maximum absolute atomic E-state index is 5.65. The van der Waals surface area contributed by atoms with Crippen LogP contribution in [-0.2, 0) is 13.3 Å². The molecule has 0 saturated heterocycles. The number of hydrogen-bond donors (Lipinski definition) is 1. The van der Waals surface area contributed by atoms with E-state index in [-0.39, 0.29) is 0 Å². The van der Waals surface area contributed by atoms with Gasteiger partial charge in [-0.1, -0.05) is 32.1 Å². The molecule has 0 rings (SSSR count). The smallest absolute Gasteiger partial charge is 0.377 e. The second-order valence-corrected chi connectivity index (χ2v) is 7.21. The van der Waals surface area contributed by atoms with E-state index >= 15 is 0 Å². The Labute approximate surface area is 107 Å². The maximum Gasteiger partial charge on any atom is 0.497 e. The van der Waals surface area contributed by atoms with E-state index < -0.39 is 8.80 Å². The molecule has 0 atom stereocenters. The summed E-state index contributed by atoms with van der Waals surface area (Å²) in [4.78, 5) is 0. The molecule has 0 aliphatic heterocycles. The van der Waals surface area contributed by atoms with Gasteiger partial charge in [0.25, 0.3) is 0 Å². The lowest BCUT2D eigenvalue weighted by Crippen LogP contribution is -2.40. The Hall–Kier alpha value is 0.0569. The lowest BCUT2D eigenvalue weighted by Gasteiger charge is -2.21. The first-order valence-corrected chi connectivity index (χ1v) is 8.85. The van der Waals surface area contributed by atoms with Gasteiger partial charge in [-0.05, 0) is 19.4 Å². The van der Waals surface area contributed by atoms with Crippen LogP contribution in [0.5, 0.6) is 0 Å². The summed E-state index contributed by atoms with van der Waals surface area (Å²) in [5.41, 5.74) is 5.44. The van der Waals surface area contributed by atoms with E-state index in [9.17, 15) is 0 Å². The van der Waals surface area contributed by atoms with E-state index in [1.165, 1.54) is 32.1 Å². The zero-order valence-electron chi connectivity index (χ0n) is 11.7. The Balaban J connectivity index is 3.23. The summed E-state index contributed by atoms with van der Waals surface area (Å²) in [5, 5.41) is 0. The summed E-state index contributed by atoms with van der Waals surface area (Å²) in [6, 6.07) is 0. The van der Waals surface area contributed by atoms with Gasteiger partial charge in [-0.2, -0.15) is 0 Å². The van der Waals surface area contributed by atoms with Gasteiger partial charge in [0.15, 0.2) is 0 Å². The minimum atomic E-state index is -2.30. The summed E-state index contributed by atoms with van der Waals surface area (Å²) in [6.07, 6.45) is 8.64. The normalized spacial score (nSPS) is 12.0. The van der Waals surface area contributed by atoms with Crippen LogP contribution in [0.1, 0.15) is 44.9 Å². The number of hydrogen-bond acceptors (Lipinski definition) is 4. The molecule has 0 radical (unpaired) electrons. The molecule has 0 fully saturated rings. The SMILES string of the molecule is CO[Si](C)(OC)OCCCCCCCCCN. The summed E-state index contributed by atoms with van der Waals surface area (Å²) in [5.74, 6) is 0. The molecule has 0 bridgehead atoms. The highest BCUT2D eigenvalue weighted by Gasteiger charge is 2.31. The summed E-state index contributed by atoms with van der Waals surface area (Å²) in [6.45, 7) is 3.48. The van der Waals surface area contributed by atoms with Crippen LogP contribution in [0.15, 0.2) is 0 Å². The van der Waals surface area contributed by atoms with E-state index in [0.717, 1.165) is 26.0 Å². The average Bonchev–Trinajstić information content (AvgIpc) is 2.36. The van der Waals surface area contributed by atoms with E-state index in [2.05, 4.69) is 0 Å². The van der Waals surface area contributed by atoms with Crippen molar-refractivity contribution in [1.82, 2.24) is 0 Å². The lowest BCUT2D eigenvalue weighted by molar-refractivity contribution is 0.104. The highest BCUT2D eigenvalue weighted by atomic mass is 28.4. The molecule has 2 N–H and O–H groups in total. The van der Waals surface area contributed by atoms with Gasteiger partial charge in [0.1, 0.15) is 0 Å². The van der Waals surface area contributed by atoms with Crippen molar-refractivity contribution in [3.05, 3.63) is 0 Å². The molecule has 0 aromatic rings. The Bertz CT molecular complexity index is 166. The molecular formula is C12H29NO3Si. The van der Waals surface area contributed by atoms with Crippen LogP contribution >= 0.6 is 0 Å². The monoisotopic (exact) mass is 263 g/mol. The average molecular weight is 263 g/mol. The van der Waals surface area contributed by atoms with Gasteiger partial charge in [-0.15, -0.1) is 0 Å². The van der Waals surface area contributed by atoms with Gasteiger partial charge in [0.05, 0.1) is 0 Å².